The SMILES string of the molecule is Cc1cc(C=CC(=O)N(C)Cc2cc3ccccc3n2C)cnc1N. The molecule has 2 heterocycles. The van der Waals surface area contributed by atoms with Crippen LogP contribution in [0.3, 0.4) is 0 Å². The fourth-order valence-corrected chi connectivity index (χ4v) is 2.81. The monoisotopic (exact) mass is 334 g/mol. The minimum absolute atomic E-state index is 0.0558. The van der Waals surface area contributed by atoms with E-state index in [1.165, 1.54) is 5.39 Å². The predicted octanol–water partition coefficient (Wildman–Crippen LogP) is 3.14. The van der Waals surface area contributed by atoms with Gasteiger partial charge in [-0.25, -0.2) is 4.98 Å². The number of para-hydroxylation sites is 1. The Kier molecular flexibility index (Phi) is 4.57. The number of likely N-dealkylation sites (N-methyl/N-ethyl adjacent to an activating group) is 1. The van der Waals surface area contributed by atoms with Crippen molar-refractivity contribution >= 4 is 28.7 Å². The molecule has 0 unspecified atom stereocenters. The number of anilines is 1. The number of nitrogens with two attached hydrogens (primary N) is 1. The van der Waals surface area contributed by atoms with Gasteiger partial charge in [0.1, 0.15) is 5.82 Å². The van der Waals surface area contributed by atoms with E-state index in [0.717, 1.165) is 22.3 Å². The number of carbonyl (C=O) groups excluding carboxylic acids is 1. The summed E-state index contributed by atoms with van der Waals surface area (Å²) in [4.78, 5) is 18.2. The van der Waals surface area contributed by atoms with Crippen LogP contribution in [0.25, 0.3) is 17.0 Å². The molecule has 0 aliphatic rings. The maximum atomic E-state index is 12.4. The second-order valence-electron chi connectivity index (χ2n) is 6.25. The number of nitrogens with zero attached hydrogens (tertiary/aromatic N) is 3. The molecule has 25 heavy (non-hydrogen) atoms. The number of rotatable bonds is 4. The van der Waals surface area contributed by atoms with Gasteiger partial charge >= 0.3 is 0 Å². The Morgan fingerprint density at radius 2 is 2.08 bits per heavy atom. The van der Waals surface area contributed by atoms with Gasteiger partial charge < -0.3 is 15.2 Å². The van der Waals surface area contributed by atoms with Gasteiger partial charge in [-0.1, -0.05) is 18.2 Å². The highest BCUT2D eigenvalue weighted by Crippen LogP contribution is 2.19. The molecule has 128 valence electrons. The summed E-state index contributed by atoms with van der Waals surface area (Å²) in [6, 6.07) is 12.2. The maximum absolute atomic E-state index is 12.4. The summed E-state index contributed by atoms with van der Waals surface area (Å²) >= 11 is 0. The van der Waals surface area contributed by atoms with Crippen LogP contribution in [0.4, 0.5) is 5.82 Å². The van der Waals surface area contributed by atoms with Crippen molar-refractivity contribution in [1.82, 2.24) is 14.5 Å². The fraction of sp³-hybridized carbons (Fsp3) is 0.200. The normalized spacial score (nSPS) is 11.3. The molecule has 0 spiro atoms. The minimum Gasteiger partial charge on any atom is -0.383 e. The number of amides is 1. The third-order valence-corrected chi connectivity index (χ3v) is 4.38. The number of carbonyl (C=O) groups is 1. The molecule has 0 atom stereocenters. The van der Waals surface area contributed by atoms with Crippen molar-refractivity contribution in [3.05, 3.63) is 65.5 Å². The van der Waals surface area contributed by atoms with Crippen molar-refractivity contribution in [1.29, 1.82) is 0 Å². The topological polar surface area (TPSA) is 64.2 Å². The Morgan fingerprint density at radius 1 is 1.32 bits per heavy atom. The quantitative estimate of drug-likeness (QED) is 0.746. The maximum Gasteiger partial charge on any atom is 0.246 e. The number of pyridine rings is 1. The zero-order valence-corrected chi connectivity index (χ0v) is 14.7. The summed E-state index contributed by atoms with van der Waals surface area (Å²) in [6.45, 7) is 2.45. The highest BCUT2D eigenvalue weighted by Gasteiger charge is 2.10. The molecule has 0 saturated carbocycles. The first-order valence-corrected chi connectivity index (χ1v) is 8.14. The van der Waals surface area contributed by atoms with Crippen LogP contribution in [-0.4, -0.2) is 27.4 Å². The van der Waals surface area contributed by atoms with Gasteiger partial charge in [0.25, 0.3) is 0 Å². The third-order valence-electron chi connectivity index (χ3n) is 4.38. The van der Waals surface area contributed by atoms with Crippen LogP contribution in [0.5, 0.6) is 0 Å². The second-order valence-corrected chi connectivity index (χ2v) is 6.25. The number of nitrogen functional groups attached to an aromatic ring is 1. The number of hydrogen-bond acceptors (Lipinski definition) is 3. The molecule has 0 bridgehead atoms. The van der Waals surface area contributed by atoms with Gasteiger partial charge in [0, 0.05) is 37.6 Å². The van der Waals surface area contributed by atoms with E-state index in [0.29, 0.717) is 12.4 Å². The summed E-state index contributed by atoms with van der Waals surface area (Å²) in [6.07, 6.45) is 4.99. The highest BCUT2D eigenvalue weighted by atomic mass is 16.2. The van der Waals surface area contributed by atoms with Crippen LogP contribution >= 0.6 is 0 Å². The molecule has 0 aliphatic heterocycles. The van der Waals surface area contributed by atoms with Gasteiger partial charge in [-0.3, -0.25) is 4.79 Å². The highest BCUT2D eigenvalue weighted by molar-refractivity contribution is 5.91. The van der Waals surface area contributed by atoms with Crippen LogP contribution in [0.2, 0.25) is 0 Å². The average molecular weight is 334 g/mol. The Balaban J connectivity index is 1.72. The van der Waals surface area contributed by atoms with Crippen LogP contribution in [0, 0.1) is 6.92 Å². The zero-order chi connectivity index (χ0) is 18.0. The molecule has 0 saturated heterocycles. The lowest BCUT2D eigenvalue weighted by atomic mass is 10.2. The van der Waals surface area contributed by atoms with E-state index in [1.54, 1.807) is 30.3 Å². The number of aryl methyl sites for hydroxylation is 2. The Hall–Kier alpha value is -3.08. The van der Waals surface area contributed by atoms with Crippen molar-refractivity contribution in [2.45, 2.75) is 13.5 Å². The Morgan fingerprint density at radius 3 is 2.80 bits per heavy atom. The Bertz CT molecular complexity index is 955. The van der Waals surface area contributed by atoms with Crippen molar-refractivity contribution in [3.8, 4) is 0 Å². The fourth-order valence-electron chi connectivity index (χ4n) is 2.81. The third kappa shape index (κ3) is 3.55. The molecule has 0 radical (unpaired) electrons. The molecular weight excluding hydrogens is 312 g/mol. The molecule has 5 heteroatoms. The minimum atomic E-state index is -0.0558. The van der Waals surface area contributed by atoms with E-state index in [-0.39, 0.29) is 5.91 Å². The van der Waals surface area contributed by atoms with Gasteiger partial charge in [0.2, 0.25) is 5.91 Å². The first-order chi connectivity index (χ1) is 12.0. The summed E-state index contributed by atoms with van der Waals surface area (Å²) in [5, 5.41) is 1.18. The number of aromatic nitrogens is 2. The first kappa shape index (κ1) is 16.8. The van der Waals surface area contributed by atoms with Crippen molar-refractivity contribution in [2.75, 3.05) is 12.8 Å². The van der Waals surface area contributed by atoms with Gasteiger partial charge in [0.15, 0.2) is 0 Å². The van der Waals surface area contributed by atoms with Gasteiger partial charge in [-0.2, -0.15) is 0 Å². The van der Waals surface area contributed by atoms with Crippen LogP contribution in [-0.2, 0) is 18.4 Å². The second kappa shape index (κ2) is 6.81. The molecule has 5 nitrogen and oxygen atoms in total. The average Bonchev–Trinajstić information content (AvgIpc) is 2.92. The molecule has 0 fully saturated rings. The van der Waals surface area contributed by atoms with Crippen molar-refractivity contribution in [2.24, 2.45) is 7.05 Å². The number of benzene rings is 1. The van der Waals surface area contributed by atoms with E-state index < -0.39 is 0 Å². The molecule has 3 rings (SSSR count). The molecule has 1 amide bonds. The van der Waals surface area contributed by atoms with Crippen molar-refractivity contribution in [3.63, 3.8) is 0 Å². The summed E-state index contributed by atoms with van der Waals surface area (Å²) < 4.78 is 2.12. The summed E-state index contributed by atoms with van der Waals surface area (Å²) in [7, 11) is 3.82. The first-order valence-electron chi connectivity index (χ1n) is 8.14. The smallest absolute Gasteiger partial charge is 0.246 e. The molecule has 3 aromatic rings. The summed E-state index contributed by atoms with van der Waals surface area (Å²) in [5.41, 5.74) is 9.73. The number of hydrogen-bond donors (Lipinski definition) is 1. The number of fused-ring (bicyclic) bond motifs is 1. The molecule has 0 aliphatic carbocycles. The van der Waals surface area contributed by atoms with E-state index in [9.17, 15) is 4.79 Å². The lowest BCUT2D eigenvalue weighted by molar-refractivity contribution is -0.125. The van der Waals surface area contributed by atoms with Gasteiger partial charge in [0.05, 0.1) is 6.54 Å². The molecule has 2 N–H and O–H groups in total. The van der Waals surface area contributed by atoms with Gasteiger partial charge in [-0.05, 0) is 47.7 Å². The van der Waals surface area contributed by atoms with Crippen molar-refractivity contribution < 1.29 is 4.79 Å². The Labute approximate surface area is 147 Å². The van der Waals surface area contributed by atoms with E-state index in [2.05, 4.69) is 27.8 Å². The van der Waals surface area contributed by atoms with Gasteiger partial charge in [-0.15, -0.1) is 0 Å². The van der Waals surface area contributed by atoms with Crippen LogP contribution in [0.1, 0.15) is 16.8 Å². The lowest BCUT2D eigenvalue weighted by Gasteiger charge is -2.15. The molecule has 1 aromatic carbocycles. The standard InChI is InChI=1S/C20H22N4O/c1-14-10-15(12-22-20(14)21)8-9-19(25)23(2)13-17-11-16-6-4-5-7-18(16)24(17)3/h4-12H,13H2,1-3H3,(H2,21,22). The van der Waals surface area contributed by atoms with Crippen LogP contribution in [0.15, 0.2) is 48.7 Å². The predicted molar refractivity (Wildman–Crippen MR) is 102 cm³/mol. The van der Waals surface area contributed by atoms with E-state index in [1.807, 2.05) is 32.2 Å². The van der Waals surface area contributed by atoms with E-state index >= 15 is 0 Å². The largest absolute Gasteiger partial charge is 0.383 e. The summed E-state index contributed by atoms with van der Waals surface area (Å²) in [5.74, 6) is 0.455. The lowest BCUT2D eigenvalue weighted by Crippen LogP contribution is -2.25. The molecule has 2 aromatic heterocycles. The van der Waals surface area contributed by atoms with Crippen LogP contribution < -0.4 is 5.73 Å². The zero-order valence-electron chi connectivity index (χ0n) is 14.7. The molecular formula is C20H22N4O. The van der Waals surface area contributed by atoms with E-state index in [4.69, 9.17) is 5.73 Å².